The van der Waals surface area contributed by atoms with E-state index in [-0.39, 0.29) is 0 Å². The molecule has 0 saturated heterocycles. The van der Waals surface area contributed by atoms with Crippen molar-refractivity contribution in [2.24, 2.45) is 5.14 Å². The highest BCUT2D eigenvalue weighted by atomic mass is 32.2. The summed E-state index contributed by atoms with van der Waals surface area (Å²) in [5, 5.41) is 4.85. The third-order valence-electron chi connectivity index (χ3n) is 1.95. The molecule has 2 aromatic rings. The summed E-state index contributed by atoms with van der Waals surface area (Å²) < 4.78 is 23.7. The van der Waals surface area contributed by atoms with Crippen LogP contribution in [-0.4, -0.2) is 18.4 Å². The predicted molar refractivity (Wildman–Crippen MR) is 60.8 cm³/mol. The Balaban J connectivity index is 2.24. The van der Waals surface area contributed by atoms with Gasteiger partial charge in [0.25, 0.3) is 10.2 Å². The van der Waals surface area contributed by atoms with Crippen LogP contribution in [0.4, 0.5) is 5.69 Å². The molecule has 0 fully saturated rings. The summed E-state index contributed by atoms with van der Waals surface area (Å²) in [7, 11) is -3.71. The molecule has 16 heavy (non-hydrogen) atoms. The third kappa shape index (κ3) is 2.59. The smallest absolute Gasteiger partial charge is 0.296 e. The van der Waals surface area contributed by atoms with Crippen molar-refractivity contribution in [2.45, 2.75) is 0 Å². The van der Waals surface area contributed by atoms with Gasteiger partial charge in [0, 0.05) is 5.69 Å². The van der Waals surface area contributed by atoms with Crippen molar-refractivity contribution in [3.8, 4) is 11.3 Å². The summed E-state index contributed by atoms with van der Waals surface area (Å²) in [6, 6.07) is 6.78. The first kappa shape index (κ1) is 10.7. The Kier molecular flexibility index (Phi) is 2.63. The minimum absolute atomic E-state index is 0.422. The van der Waals surface area contributed by atoms with Crippen LogP contribution in [0, 0.1) is 0 Å². The molecule has 0 aliphatic heterocycles. The van der Waals surface area contributed by atoms with E-state index in [9.17, 15) is 8.42 Å². The topological polar surface area (TPSA) is 101 Å². The fraction of sp³-hybridized carbons (Fsp3) is 0. The van der Waals surface area contributed by atoms with Gasteiger partial charge in [-0.05, 0) is 17.7 Å². The maximum Gasteiger partial charge on any atom is 0.296 e. The van der Waals surface area contributed by atoms with Gasteiger partial charge in [-0.25, -0.2) is 10.1 Å². The van der Waals surface area contributed by atoms with E-state index in [1.807, 2.05) is 0 Å². The van der Waals surface area contributed by atoms with E-state index < -0.39 is 10.2 Å². The molecule has 2 rings (SSSR count). The van der Waals surface area contributed by atoms with Crippen LogP contribution in [0.3, 0.4) is 0 Å². The largest absolute Gasteiger partial charge is 0.345 e. The molecule has 1 heterocycles. The average Bonchev–Trinajstić information content (AvgIpc) is 2.69. The monoisotopic (exact) mass is 238 g/mol. The molecule has 0 atom stereocenters. The van der Waals surface area contributed by atoms with Crippen LogP contribution < -0.4 is 9.86 Å². The fourth-order valence-corrected chi connectivity index (χ4v) is 1.76. The number of nitrogens with one attached hydrogen (secondary N) is 2. The number of aromatic nitrogens is 2. The first-order chi connectivity index (χ1) is 7.54. The molecule has 1 aromatic carbocycles. The van der Waals surface area contributed by atoms with Crippen LogP contribution in [-0.2, 0) is 10.2 Å². The molecular weight excluding hydrogens is 228 g/mol. The van der Waals surface area contributed by atoms with E-state index in [4.69, 9.17) is 5.14 Å². The quantitative estimate of drug-likeness (QED) is 0.733. The second-order valence-electron chi connectivity index (χ2n) is 3.19. The maximum atomic E-state index is 10.8. The molecule has 4 N–H and O–H groups in total. The molecule has 6 nitrogen and oxygen atoms in total. The number of benzene rings is 1. The number of rotatable bonds is 3. The van der Waals surface area contributed by atoms with Gasteiger partial charge in [0.05, 0.1) is 18.2 Å². The van der Waals surface area contributed by atoms with Gasteiger partial charge in [-0.2, -0.15) is 8.42 Å². The Labute approximate surface area is 92.7 Å². The second kappa shape index (κ2) is 3.95. The van der Waals surface area contributed by atoms with E-state index >= 15 is 0 Å². The highest BCUT2D eigenvalue weighted by molar-refractivity contribution is 7.90. The van der Waals surface area contributed by atoms with Gasteiger partial charge in [-0.3, -0.25) is 4.72 Å². The summed E-state index contributed by atoms with van der Waals surface area (Å²) in [5.41, 5.74) is 2.20. The van der Waals surface area contributed by atoms with Crippen LogP contribution in [0.25, 0.3) is 11.3 Å². The number of hydrogen-bond donors (Lipinski definition) is 3. The lowest BCUT2D eigenvalue weighted by Crippen LogP contribution is -2.21. The van der Waals surface area contributed by atoms with Crippen molar-refractivity contribution in [2.75, 3.05) is 4.72 Å². The highest BCUT2D eigenvalue weighted by Gasteiger charge is 2.03. The van der Waals surface area contributed by atoms with Gasteiger partial charge in [-0.15, -0.1) is 0 Å². The van der Waals surface area contributed by atoms with E-state index in [2.05, 4.69) is 14.7 Å². The zero-order valence-electron chi connectivity index (χ0n) is 8.21. The van der Waals surface area contributed by atoms with Gasteiger partial charge in [0.2, 0.25) is 0 Å². The molecule has 0 bridgehead atoms. The molecule has 7 heteroatoms. The standard InChI is InChI=1S/C9H10N4O2S/c10-16(14,15)13-8-3-1-7(2-4-8)9-5-11-6-12-9/h1-6,13H,(H,11,12)(H2,10,14,15). The lowest BCUT2D eigenvalue weighted by molar-refractivity contribution is 0.603. The van der Waals surface area contributed by atoms with E-state index in [1.165, 1.54) is 0 Å². The Morgan fingerprint density at radius 1 is 1.25 bits per heavy atom. The van der Waals surface area contributed by atoms with Crippen LogP contribution in [0.2, 0.25) is 0 Å². The van der Waals surface area contributed by atoms with Crippen LogP contribution in [0.15, 0.2) is 36.8 Å². The third-order valence-corrected chi connectivity index (χ3v) is 2.47. The van der Waals surface area contributed by atoms with Gasteiger partial charge in [0.1, 0.15) is 0 Å². The molecule has 84 valence electrons. The predicted octanol–water partition coefficient (Wildman–Crippen LogP) is 0.692. The van der Waals surface area contributed by atoms with Gasteiger partial charge < -0.3 is 4.98 Å². The van der Waals surface area contributed by atoms with Gasteiger partial charge in [0.15, 0.2) is 0 Å². The van der Waals surface area contributed by atoms with Crippen molar-refractivity contribution in [3.05, 3.63) is 36.8 Å². The van der Waals surface area contributed by atoms with Crippen molar-refractivity contribution in [3.63, 3.8) is 0 Å². The molecular formula is C9H10N4O2S. The summed E-state index contributed by atoms with van der Waals surface area (Å²) in [6.07, 6.45) is 3.26. The molecule has 0 aliphatic carbocycles. The summed E-state index contributed by atoms with van der Waals surface area (Å²) in [5.74, 6) is 0. The summed E-state index contributed by atoms with van der Waals surface area (Å²) in [6.45, 7) is 0. The van der Waals surface area contributed by atoms with Crippen LogP contribution in [0.5, 0.6) is 0 Å². The highest BCUT2D eigenvalue weighted by Crippen LogP contribution is 2.18. The molecule has 0 saturated carbocycles. The molecule has 0 spiro atoms. The number of aromatic amines is 1. The van der Waals surface area contributed by atoms with Crippen molar-refractivity contribution >= 4 is 15.9 Å². The molecule has 0 unspecified atom stereocenters. The number of anilines is 1. The molecule has 0 amide bonds. The lowest BCUT2D eigenvalue weighted by Gasteiger charge is -2.03. The zero-order valence-corrected chi connectivity index (χ0v) is 9.03. The van der Waals surface area contributed by atoms with Crippen LogP contribution >= 0.6 is 0 Å². The Bertz CT molecular complexity index is 560. The van der Waals surface area contributed by atoms with Crippen molar-refractivity contribution in [1.82, 2.24) is 9.97 Å². The minimum Gasteiger partial charge on any atom is -0.345 e. The van der Waals surface area contributed by atoms with Crippen molar-refractivity contribution in [1.29, 1.82) is 0 Å². The molecule has 0 aliphatic rings. The lowest BCUT2D eigenvalue weighted by atomic mass is 10.1. The summed E-state index contributed by atoms with van der Waals surface area (Å²) in [4.78, 5) is 6.84. The second-order valence-corrected chi connectivity index (χ2v) is 4.48. The number of H-pyrrole nitrogens is 1. The van der Waals surface area contributed by atoms with Crippen LogP contribution in [0.1, 0.15) is 0 Å². The Morgan fingerprint density at radius 2 is 1.94 bits per heavy atom. The van der Waals surface area contributed by atoms with E-state index in [0.717, 1.165) is 11.3 Å². The van der Waals surface area contributed by atoms with Gasteiger partial charge in [-0.1, -0.05) is 12.1 Å². The average molecular weight is 238 g/mol. The SMILES string of the molecule is NS(=O)(=O)Nc1ccc(-c2cnc[nH]2)cc1. The zero-order chi connectivity index (χ0) is 11.6. The van der Waals surface area contributed by atoms with Crippen molar-refractivity contribution < 1.29 is 8.42 Å². The van der Waals surface area contributed by atoms with E-state index in [1.54, 1.807) is 36.8 Å². The maximum absolute atomic E-state index is 10.8. The Hall–Kier alpha value is -1.86. The fourth-order valence-electron chi connectivity index (χ4n) is 1.30. The van der Waals surface area contributed by atoms with Gasteiger partial charge >= 0.3 is 0 Å². The number of hydrogen-bond acceptors (Lipinski definition) is 3. The normalized spacial score (nSPS) is 11.3. The minimum atomic E-state index is -3.71. The first-order valence-corrected chi connectivity index (χ1v) is 5.98. The molecule has 0 radical (unpaired) electrons. The number of nitrogens with zero attached hydrogens (tertiary/aromatic N) is 1. The van der Waals surface area contributed by atoms with E-state index in [0.29, 0.717) is 5.69 Å². The molecule has 1 aromatic heterocycles. The number of nitrogens with two attached hydrogens (primary N) is 1. The summed E-state index contributed by atoms with van der Waals surface area (Å²) >= 11 is 0. The number of imidazole rings is 1. The first-order valence-electron chi connectivity index (χ1n) is 4.44. The Morgan fingerprint density at radius 3 is 2.44 bits per heavy atom.